The van der Waals surface area contributed by atoms with Crippen LogP contribution >= 0.6 is 0 Å². The molecule has 0 amide bonds. The Labute approximate surface area is 177 Å². The minimum absolute atomic E-state index is 0.0220. The number of hydrogen-bond acceptors (Lipinski definition) is 3. The molecule has 0 N–H and O–H groups in total. The third-order valence-electron chi connectivity index (χ3n) is 7.63. The molecule has 0 radical (unpaired) electrons. The summed E-state index contributed by atoms with van der Waals surface area (Å²) in [7, 11) is -3.75. The van der Waals surface area contributed by atoms with Crippen molar-refractivity contribution in [2.75, 3.05) is 6.61 Å². The van der Waals surface area contributed by atoms with E-state index in [9.17, 15) is 4.79 Å². The van der Waals surface area contributed by atoms with E-state index in [0.29, 0.717) is 30.5 Å². The Hall–Kier alpha value is 0.0238. The van der Waals surface area contributed by atoms with Crippen LogP contribution in [0.2, 0.25) is 36.3 Å². The standard InChI is InChI=1S/C23H48O3Si2/c1-12-13-14-18-15-19(24)16-21(26-28(10,11)23(5,6)7)20(18)17-25-27(8,9)22(2,3)4/h18,20-21H,12-17H2,1-11H3/t18-,20+,21+/m1/s1. The Morgan fingerprint density at radius 3 is 1.93 bits per heavy atom. The van der Waals surface area contributed by atoms with Crippen LogP contribution in [0.1, 0.15) is 80.6 Å². The topological polar surface area (TPSA) is 35.5 Å². The summed E-state index contributed by atoms with van der Waals surface area (Å²) in [5, 5.41) is 0.351. The van der Waals surface area contributed by atoms with Crippen LogP contribution in [0, 0.1) is 11.8 Å². The van der Waals surface area contributed by atoms with Crippen molar-refractivity contribution in [2.24, 2.45) is 11.8 Å². The molecule has 1 rings (SSSR count). The Morgan fingerprint density at radius 1 is 0.929 bits per heavy atom. The first-order valence-corrected chi connectivity index (χ1v) is 17.2. The Morgan fingerprint density at radius 2 is 1.46 bits per heavy atom. The second-order valence-electron chi connectivity index (χ2n) is 12.0. The highest BCUT2D eigenvalue weighted by molar-refractivity contribution is 6.74. The molecule has 0 spiro atoms. The number of carbonyl (C=O) groups is 1. The summed E-state index contributed by atoms with van der Waals surface area (Å²) in [6, 6.07) is 0. The highest BCUT2D eigenvalue weighted by Crippen LogP contribution is 2.43. The van der Waals surface area contributed by atoms with Gasteiger partial charge in [-0.05, 0) is 48.6 Å². The first-order valence-electron chi connectivity index (χ1n) is 11.4. The Bertz CT molecular complexity index is 515. The van der Waals surface area contributed by atoms with E-state index in [2.05, 4.69) is 74.7 Å². The second kappa shape index (κ2) is 9.44. The van der Waals surface area contributed by atoms with Crippen LogP contribution in [-0.2, 0) is 13.6 Å². The average Bonchev–Trinajstić information content (AvgIpc) is 2.49. The van der Waals surface area contributed by atoms with Gasteiger partial charge in [0.15, 0.2) is 16.6 Å². The highest BCUT2D eigenvalue weighted by Gasteiger charge is 2.46. The van der Waals surface area contributed by atoms with Crippen LogP contribution in [0.4, 0.5) is 0 Å². The predicted octanol–water partition coefficient (Wildman–Crippen LogP) is 7.18. The maximum absolute atomic E-state index is 12.6. The first-order chi connectivity index (χ1) is 12.5. The van der Waals surface area contributed by atoms with E-state index in [0.717, 1.165) is 13.0 Å². The van der Waals surface area contributed by atoms with E-state index >= 15 is 0 Å². The van der Waals surface area contributed by atoms with Crippen molar-refractivity contribution in [3.8, 4) is 0 Å². The summed E-state index contributed by atoms with van der Waals surface area (Å²) in [6.45, 7) is 26.0. The van der Waals surface area contributed by atoms with Crippen molar-refractivity contribution >= 4 is 22.4 Å². The normalized spacial score (nSPS) is 25.2. The fourth-order valence-electron chi connectivity index (χ4n) is 3.44. The molecule has 3 atom stereocenters. The number of Topliss-reactive ketones (excluding diaryl/α,β-unsaturated/α-hetero) is 1. The van der Waals surface area contributed by atoms with Crippen molar-refractivity contribution in [3.05, 3.63) is 0 Å². The van der Waals surface area contributed by atoms with E-state index < -0.39 is 16.6 Å². The monoisotopic (exact) mass is 428 g/mol. The fraction of sp³-hybridized carbons (Fsp3) is 0.957. The van der Waals surface area contributed by atoms with Gasteiger partial charge in [0.25, 0.3) is 0 Å². The van der Waals surface area contributed by atoms with Crippen LogP contribution in [0.5, 0.6) is 0 Å². The summed E-state index contributed by atoms with van der Waals surface area (Å²) in [5.74, 6) is 1.13. The number of unbranched alkanes of at least 4 members (excludes halogenated alkanes) is 1. The van der Waals surface area contributed by atoms with Gasteiger partial charge in [0.05, 0.1) is 6.10 Å². The molecule has 0 aromatic carbocycles. The van der Waals surface area contributed by atoms with Crippen molar-refractivity contribution < 1.29 is 13.6 Å². The van der Waals surface area contributed by atoms with Crippen molar-refractivity contribution in [2.45, 2.75) is 123 Å². The lowest BCUT2D eigenvalue weighted by molar-refractivity contribution is -0.128. The predicted molar refractivity (Wildman–Crippen MR) is 126 cm³/mol. The molecular weight excluding hydrogens is 380 g/mol. The molecule has 0 bridgehead atoms. The van der Waals surface area contributed by atoms with Gasteiger partial charge in [0.2, 0.25) is 0 Å². The molecule has 1 aliphatic carbocycles. The fourth-order valence-corrected chi connectivity index (χ4v) is 5.85. The summed E-state index contributed by atoms with van der Waals surface area (Å²) in [6.07, 6.45) is 4.78. The first kappa shape index (κ1) is 26.1. The number of ketones is 1. The van der Waals surface area contributed by atoms with Crippen LogP contribution in [0.25, 0.3) is 0 Å². The van der Waals surface area contributed by atoms with Crippen LogP contribution in [0.3, 0.4) is 0 Å². The minimum atomic E-state index is -1.93. The zero-order valence-corrected chi connectivity index (χ0v) is 22.7. The van der Waals surface area contributed by atoms with Gasteiger partial charge in [0.1, 0.15) is 5.78 Å². The van der Waals surface area contributed by atoms with Gasteiger partial charge in [0, 0.05) is 25.4 Å². The summed E-state index contributed by atoms with van der Waals surface area (Å²) < 4.78 is 13.5. The molecule has 0 unspecified atom stereocenters. The summed E-state index contributed by atoms with van der Waals surface area (Å²) in [5.41, 5.74) is 0. The number of carbonyl (C=O) groups excluding carboxylic acids is 1. The molecule has 0 heterocycles. The largest absolute Gasteiger partial charge is 0.416 e. The molecule has 3 nitrogen and oxygen atoms in total. The zero-order chi connectivity index (χ0) is 22.0. The molecule has 1 fully saturated rings. The van der Waals surface area contributed by atoms with Crippen molar-refractivity contribution in [1.82, 2.24) is 0 Å². The van der Waals surface area contributed by atoms with Gasteiger partial charge in [-0.1, -0.05) is 61.3 Å². The number of rotatable bonds is 8. The third-order valence-corrected chi connectivity index (χ3v) is 16.6. The van der Waals surface area contributed by atoms with Crippen LogP contribution in [0.15, 0.2) is 0 Å². The molecule has 0 aliphatic heterocycles. The average molecular weight is 429 g/mol. The minimum Gasteiger partial charge on any atom is -0.416 e. The summed E-state index contributed by atoms with van der Waals surface area (Å²) in [4.78, 5) is 12.6. The lowest BCUT2D eigenvalue weighted by Crippen LogP contribution is -2.51. The molecule has 0 aromatic rings. The van der Waals surface area contributed by atoms with E-state index in [1.165, 1.54) is 12.8 Å². The lowest BCUT2D eigenvalue weighted by atomic mass is 9.75. The van der Waals surface area contributed by atoms with Gasteiger partial charge < -0.3 is 8.85 Å². The molecule has 28 heavy (non-hydrogen) atoms. The van der Waals surface area contributed by atoms with E-state index in [1.54, 1.807) is 0 Å². The molecular formula is C23H48O3Si2. The number of hydrogen-bond donors (Lipinski definition) is 0. The van der Waals surface area contributed by atoms with E-state index in [1.807, 2.05) is 0 Å². The molecule has 1 aliphatic rings. The smallest absolute Gasteiger partial charge is 0.192 e. The molecule has 5 heteroatoms. The SMILES string of the molecule is CCCC[C@@H]1CC(=O)C[C@H](O[Si](C)(C)C(C)(C)C)[C@H]1CO[Si](C)(C)C(C)(C)C. The van der Waals surface area contributed by atoms with Gasteiger partial charge in [-0.15, -0.1) is 0 Å². The zero-order valence-electron chi connectivity index (χ0n) is 20.7. The van der Waals surface area contributed by atoms with E-state index in [-0.39, 0.29) is 16.2 Å². The molecule has 0 saturated heterocycles. The molecule has 0 aromatic heterocycles. The molecule has 166 valence electrons. The Kier molecular flexibility index (Phi) is 8.79. The Balaban J connectivity index is 3.08. The van der Waals surface area contributed by atoms with Gasteiger partial charge in [-0.3, -0.25) is 4.79 Å². The molecule has 1 saturated carbocycles. The van der Waals surface area contributed by atoms with Gasteiger partial charge in [-0.25, -0.2) is 0 Å². The van der Waals surface area contributed by atoms with Crippen molar-refractivity contribution in [3.63, 3.8) is 0 Å². The quantitative estimate of drug-likeness (QED) is 0.384. The van der Waals surface area contributed by atoms with Gasteiger partial charge >= 0.3 is 0 Å². The highest BCUT2D eigenvalue weighted by atomic mass is 28.4. The van der Waals surface area contributed by atoms with Crippen LogP contribution in [-0.4, -0.2) is 35.1 Å². The maximum Gasteiger partial charge on any atom is 0.192 e. The van der Waals surface area contributed by atoms with Crippen LogP contribution < -0.4 is 0 Å². The third kappa shape index (κ3) is 6.78. The van der Waals surface area contributed by atoms with Gasteiger partial charge in [-0.2, -0.15) is 0 Å². The second-order valence-corrected chi connectivity index (χ2v) is 21.6. The van der Waals surface area contributed by atoms with Crippen molar-refractivity contribution in [1.29, 1.82) is 0 Å². The lowest BCUT2D eigenvalue weighted by Gasteiger charge is -2.46. The maximum atomic E-state index is 12.6. The summed E-state index contributed by atoms with van der Waals surface area (Å²) >= 11 is 0. The van der Waals surface area contributed by atoms with E-state index in [4.69, 9.17) is 8.85 Å².